The maximum absolute atomic E-state index is 4.17. The third-order valence-corrected chi connectivity index (χ3v) is 4.15. The van der Waals surface area contributed by atoms with E-state index in [2.05, 4.69) is 44.9 Å². The van der Waals surface area contributed by atoms with Crippen LogP contribution in [0.25, 0.3) is 0 Å². The van der Waals surface area contributed by atoms with Crippen LogP contribution in [0.4, 0.5) is 5.13 Å². The van der Waals surface area contributed by atoms with Crippen molar-refractivity contribution in [1.29, 1.82) is 0 Å². The highest BCUT2D eigenvalue weighted by Gasteiger charge is 2.25. The second-order valence-electron chi connectivity index (χ2n) is 4.02. The van der Waals surface area contributed by atoms with Crippen molar-refractivity contribution < 1.29 is 0 Å². The van der Waals surface area contributed by atoms with E-state index >= 15 is 0 Å². The summed E-state index contributed by atoms with van der Waals surface area (Å²) in [7, 11) is 0. The molecule has 0 radical (unpaired) electrons. The van der Waals surface area contributed by atoms with E-state index in [1.807, 2.05) is 0 Å². The van der Waals surface area contributed by atoms with Crippen LogP contribution in [-0.4, -0.2) is 22.8 Å². The van der Waals surface area contributed by atoms with Gasteiger partial charge >= 0.3 is 0 Å². The first-order valence-electron chi connectivity index (χ1n) is 4.92. The Morgan fingerprint density at radius 1 is 1.36 bits per heavy atom. The summed E-state index contributed by atoms with van der Waals surface area (Å²) in [6.07, 6.45) is 2.59. The van der Waals surface area contributed by atoms with Gasteiger partial charge in [-0.15, -0.1) is 10.2 Å². The van der Waals surface area contributed by atoms with Gasteiger partial charge in [0.2, 0.25) is 5.13 Å². The Morgan fingerprint density at radius 2 is 2.14 bits per heavy atom. The molecule has 1 aliphatic rings. The predicted molar refractivity (Wildman–Crippen MR) is 62.8 cm³/mol. The molecule has 0 amide bonds. The van der Waals surface area contributed by atoms with Gasteiger partial charge in [-0.25, -0.2) is 0 Å². The number of rotatable bonds is 1. The zero-order valence-corrected chi connectivity index (χ0v) is 10.8. The van der Waals surface area contributed by atoms with Crippen molar-refractivity contribution in [2.45, 2.75) is 32.7 Å². The fraction of sp³-hybridized carbons (Fsp3) is 0.778. The molecule has 0 saturated carbocycles. The maximum Gasteiger partial charge on any atom is 0.209 e. The number of nitrogens with zero attached hydrogens (tertiary/aromatic N) is 3. The van der Waals surface area contributed by atoms with Crippen LogP contribution in [-0.2, 0) is 0 Å². The first-order chi connectivity index (χ1) is 6.66. The van der Waals surface area contributed by atoms with E-state index in [9.17, 15) is 0 Å². The van der Waals surface area contributed by atoms with Crippen LogP contribution in [0.1, 0.15) is 26.7 Å². The molecule has 1 aromatic heterocycles. The molecule has 3 nitrogen and oxygen atoms in total. The number of anilines is 1. The van der Waals surface area contributed by atoms with Gasteiger partial charge in [-0.3, -0.25) is 0 Å². The molecule has 0 aromatic carbocycles. The van der Waals surface area contributed by atoms with Crippen LogP contribution in [0.3, 0.4) is 0 Å². The smallest absolute Gasteiger partial charge is 0.209 e. The number of hydrogen-bond acceptors (Lipinski definition) is 4. The monoisotopic (exact) mass is 275 g/mol. The topological polar surface area (TPSA) is 29.0 Å². The number of hydrogen-bond donors (Lipinski definition) is 0. The molecule has 1 aromatic rings. The molecule has 1 fully saturated rings. The molecular weight excluding hydrogens is 262 g/mol. The molecular formula is C9H14BrN3S. The van der Waals surface area contributed by atoms with Gasteiger partial charge in [-0.2, -0.15) is 0 Å². The third-order valence-electron chi connectivity index (χ3n) is 2.75. The summed E-state index contributed by atoms with van der Waals surface area (Å²) < 4.78 is 0.873. The Kier molecular flexibility index (Phi) is 3.07. The molecule has 2 unspecified atom stereocenters. The molecule has 1 saturated heterocycles. The van der Waals surface area contributed by atoms with E-state index in [-0.39, 0.29) is 0 Å². The molecule has 78 valence electrons. The molecule has 0 N–H and O–H groups in total. The van der Waals surface area contributed by atoms with Gasteiger partial charge in [0.1, 0.15) is 0 Å². The van der Waals surface area contributed by atoms with E-state index in [4.69, 9.17) is 0 Å². The summed E-state index contributed by atoms with van der Waals surface area (Å²) in [5.41, 5.74) is 0. The van der Waals surface area contributed by atoms with Crippen LogP contribution < -0.4 is 4.90 Å². The highest BCUT2D eigenvalue weighted by molar-refractivity contribution is 9.11. The second-order valence-corrected chi connectivity index (χ2v) is 6.25. The Labute approximate surface area is 96.7 Å². The lowest BCUT2D eigenvalue weighted by Gasteiger charge is -2.36. The van der Waals surface area contributed by atoms with Gasteiger partial charge in [0, 0.05) is 12.6 Å². The summed E-state index contributed by atoms with van der Waals surface area (Å²) in [4.78, 5) is 2.37. The highest BCUT2D eigenvalue weighted by Crippen LogP contribution is 2.31. The minimum Gasteiger partial charge on any atom is -0.344 e. The Morgan fingerprint density at radius 3 is 2.79 bits per heavy atom. The van der Waals surface area contributed by atoms with Crippen LogP contribution >= 0.6 is 27.3 Å². The Bertz CT molecular complexity index is 315. The summed E-state index contributed by atoms with van der Waals surface area (Å²) in [5, 5.41) is 9.22. The quantitative estimate of drug-likeness (QED) is 0.789. The zero-order chi connectivity index (χ0) is 10.1. The summed E-state index contributed by atoms with van der Waals surface area (Å²) in [6.45, 7) is 5.68. The minimum absolute atomic E-state index is 0.603. The predicted octanol–water partition coefficient (Wildman–Crippen LogP) is 2.93. The van der Waals surface area contributed by atoms with Crippen molar-refractivity contribution >= 4 is 32.4 Å². The van der Waals surface area contributed by atoms with Gasteiger partial charge in [0.15, 0.2) is 3.92 Å². The average molecular weight is 276 g/mol. The van der Waals surface area contributed by atoms with Crippen molar-refractivity contribution in [1.82, 2.24) is 10.2 Å². The maximum atomic E-state index is 4.17. The van der Waals surface area contributed by atoms with E-state index in [0.717, 1.165) is 21.5 Å². The third kappa shape index (κ3) is 2.08. The number of piperidine rings is 1. The zero-order valence-electron chi connectivity index (χ0n) is 8.40. The Balaban J connectivity index is 2.15. The van der Waals surface area contributed by atoms with Crippen molar-refractivity contribution in [3.63, 3.8) is 0 Å². The SMILES string of the molecule is CC1CCC(C)N(c2nnc(Br)s2)C1. The lowest BCUT2D eigenvalue weighted by molar-refractivity contribution is 0.389. The molecule has 1 aliphatic heterocycles. The first-order valence-corrected chi connectivity index (χ1v) is 6.53. The average Bonchev–Trinajstić information content (AvgIpc) is 2.56. The molecule has 2 rings (SSSR count). The number of aromatic nitrogens is 2. The van der Waals surface area contributed by atoms with Crippen molar-refractivity contribution in [3.05, 3.63) is 3.92 Å². The van der Waals surface area contributed by atoms with Gasteiger partial charge in [-0.1, -0.05) is 18.3 Å². The largest absolute Gasteiger partial charge is 0.344 e. The van der Waals surface area contributed by atoms with Crippen LogP contribution in [0.5, 0.6) is 0 Å². The van der Waals surface area contributed by atoms with Crippen LogP contribution in [0, 0.1) is 5.92 Å². The first kappa shape index (κ1) is 10.4. The lowest BCUT2D eigenvalue weighted by atomic mass is 9.96. The molecule has 0 aliphatic carbocycles. The molecule has 14 heavy (non-hydrogen) atoms. The molecule has 5 heteroatoms. The fourth-order valence-electron chi connectivity index (χ4n) is 1.87. The van der Waals surface area contributed by atoms with Crippen molar-refractivity contribution in [2.75, 3.05) is 11.4 Å². The molecule has 2 heterocycles. The van der Waals surface area contributed by atoms with Crippen molar-refractivity contribution in [2.24, 2.45) is 5.92 Å². The van der Waals surface area contributed by atoms with Gasteiger partial charge < -0.3 is 4.90 Å². The highest BCUT2D eigenvalue weighted by atomic mass is 79.9. The van der Waals surface area contributed by atoms with Gasteiger partial charge in [0.05, 0.1) is 0 Å². The fourth-order valence-corrected chi connectivity index (χ4v) is 3.07. The summed E-state index contributed by atoms with van der Waals surface area (Å²) in [5.74, 6) is 0.772. The lowest BCUT2D eigenvalue weighted by Crippen LogP contribution is -2.41. The Hall–Kier alpha value is -0.160. The summed E-state index contributed by atoms with van der Waals surface area (Å²) >= 11 is 4.97. The van der Waals surface area contributed by atoms with E-state index < -0.39 is 0 Å². The molecule has 0 bridgehead atoms. The molecule has 0 spiro atoms. The standard InChI is InChI=1S/C9H14BrN3S/c1-6-3-4-7(2)13(5-6)9-12-11-8(10)14-9/h6-7H,3-5H2,1-2H3. The number of halogens is 1. The van der Waals surface area contributed by atoms with E-state index in [1.165, 1.54) is 12.8 Å². The van der Waals surface area contributed by atoms with Gasteiger partial charge in [-0.05, 0) is 41.6 Å². The van der Waals surface area contributed by atoms with Crippen molar-refractivity contribution in [3.8, 4) is 0 Å². The van der Waals surface area contributed by atoms with Gasteiger partial charge in [0.25, 0.3) is 0 Å². The van der Waals surface area contributed by atoms with E-state index in [1.54, 1.807) is 11.3 Å². The van der Waals surface area contributed by atoms with E-state index in [0.29, 0.717) is 6.04 Å². The van der Waals surface area contributed by atoms with Crippen LogP contribution in [0.2, 0.25) is 0 Å². The normalized spacial score (nSPS) is 28.1. The second kappa shape index (κ2) is 4.14. The van der Waals surface area contributed by atoms with Crippen LogP contribution in [0.15, 0.2) is 3.92 Å². The minimum atomic E-state index is 0.603. The molecule has 2 atom stereocenters. The summed E-state index contributed by atoms with van der Waals surface area (Å²) in [6, 6.07) is 0.603.